The smallest absolute Gasteiger partial charge is 0.238 e. The monoisotopic (exact) mass is 305 g/mol. The van der Waals surface area contributed by atoms with E-state index in [2.05, 4.69) is 19.2 Å². The lowest BCUT2D eigenvalue weighted by molar-refractivity contribution is -0.141. The summed E-state index contributed by atoms with van der Waals surface area (Å²) in [7, 11) is 0. The number of Topliss-reactive ketones (excluding diaryl/α,β-unsaturated/α-hetero) is 1. The normalized spacial score (nSPS) is 29.7. The van der Waals surface area contributed by atoms with E-state index in [4.69, 9.17) is 11.6 Å². The van der Waals surface area contributed by atoms with Crippen LogP contribution in [0.15, 0.2) is 18.2 Å². The highest BCUT2D eigenvalue weighted by atomic mass is 35.5. The van der Waals surface area contributed by atoms with Gasteiger partial charge in [-0.2, -0.15) is 0 Å². The molecule has 3 nitrogen and oxygen atoms in total. The van der Waals surface area contributed by atoms with Crippen molar-refractivity contribution in [2.75, 3.05) is 5.32 Å². The molecule has 0 heterocycles. The SMILES string of the molecule is Cc1ccc(NC(=O)C23CCC(CC2=O)C3(C)C)cc1Cl. The summed E-state index contributed by atoms with van der Waals surface area (Å²) in [6.07, 6.45) is 2.16. The number of ketones is 1. The van der Waals surface area contributed by atoms with Crippen LogP contribution < -0.4 is 5.32 Å². The molecule has 2 aliphatic carbocycles. The number of carbonyl (C=O) groups is 2. The number of rotatable bonds is 2. The number of anilines is 1. The molecule has 0 radical (unpaired) electrons. The first-order valence-corrected chi connectivity index (χ1v) is 7.78. The van der Waals surface area contributed by atoms with Crippen LogP contribution in [0.25, 0.3) is 0 Å². The molecule has 1 amide bonds. The Morgan fingerprint density at radius 2 is 2.10 bits per heavy atom. The average molecular weight is 306 g/mol. The van der Waals surface area contributed by atoms with Crippen LogP contribution in [0, 0.1) is 23.7 Å². The Bertz CT molecular complexity index is 638. The summed E-state index contributed by atoms with van der Waals surface area (Å²) in [5.41, 5.74) is 0.493. The van der Waals surface area contributed by atoms with Gasteiger partial charge in [-0.3, -0.25) is 9.59 Å². The van der Waals surface area contributed by atoms with E-state index in [1.54, 1.807) is 6.07 Å². The number of carbonyl (C=O) groups excluding carboxylic acids is 2. The molecule has 3 rings (SSSR count). The fraction of sp³-hybridized carbons (Fsp3) is 0.529. The summed E-state index contributed by atoms with van der Waals surface area (Å²) in [5, 5.41) is 3.53. The van der Waals surface area contributed by atoms with Crippen LogP contribution in [-0.2, 0) is 9.59 Å². The zero-order valence-electron chi connectivity index (χ0n) is 12.6. The predicted octanol–water partition coefficient (Wildman–Crippen LogP) is 3.98. The summed E-state index contributed by atoms with van der Waals surface area (Å²) >= 11 is 6.10. The number of hydrogen-bond acceptors (Lipinski definition) is 2. The lowest BCUT2D eigenvalue weighted by atomic mass is 9.68. The van der Waals surface area contributed by atoms with E-state index in [1.807, 2.05) is 19.1 Å². The van der Waals surface area contributed by atoms with Crippen molar-refractivity contribution in [2.45, 2.75) is 40.0 Å². The van der Waals surface area contributed by atoms with Gasteiger partial charge in [0.25, 0.3) is 0 Å². The Labute approximate surface area is 130 Å². The van der Waals surface area contributed by atoms with Crippen molar-refractivity contribution < 1.29 is 9.59 Å². The Morgan fingerprint density at radius 1 is 1.38 bits per heavy atom. The molecular formula is C17H20ClNO2. The van der Waals surface area contributed by atoms with Crippen molar-refractivity contribution in [2.24, 2.45) is 16.7 Å². The van der Waals surface area contributed by atoms with Crippen LogP contribution in [-0.4, -0.2) is 11.7 Å². The van der Waals surface area contributed by atoms with Gasteiger partial charge >= 0.3 is 0 Å². The predicted molar refractivity (Wildman–Crippen MR) is 83.4 cm³/mol. The number of amides is 1. The number of hydrogen-bond donors (Lipinski definition) is 1. The molecule has 0 aromatic heterocycles. The van der Waals surface area contributed by atoms with Crippen molar-refractivity contribution in [3.05, 3.63) is 28.8 Å². The van der Waals surface area contributed by atoms with Gasteiger partial charge in [-0.1, -0.05) is 31.5 Å². The summed E-state index contributed by atoms with van der Waals surface area (Å²) in [6, 6.07) is 5.44. The minimum Gasteiger partial charge on any atom is -0.325 e. The maximum atomic E-state index is 12.8. The molecule has 2 saturated carbocycles. The molecule has 2 aliphatic rings. The molecule has 1 aromatic rings. The summed E-state index contributed by atoms with van der Waals surface area (Å²) in [5.74, 6) is 0.259. The molecule has 21 heavy (non-hydrogen) atoms. The van der Waals surface area contributed by atoms with Gasteiger partial charge < -0.3 is 5.32 Å². The number of halogens is 1. The molecule has 0 aliphatic heterocycles. The van der Waals surface area contributed by atoms with E-state index in [1.165, 1.54) is 0 Å². The van der Waals surface area contributed by atoms with Crippen LogP contribution in [0.1, 0.15) is 38.7 Å². The summed E-state index contributed by atoms with van der Waals surface area (Å²) in [4.78, 5) is 25.3. The van der Waals surface area contributed by atoms with Gasteiger partial charge in [-0.05, 0) is 48.8 Å². The van der Waals surface area contributed by atoms with Crippen LogP contribution in [0.4, 0.5) is 5.69 Å². The van der Waals surface area contributed by atoms with Crippen molar-refractivity contribution in [1.29, 1.82) is 0 Å². The summed E-state index contributed by atoms with van der Waals surface area (Å²) < 4.78 is 0. The van der Waals surface area contributed by atoms with Crippen LogP contribution in [0.3, 0.4) is 0 Å². The van der Waals surface area contributed by atoms with Gasteiger partial charge in [-0.15, -0.1) is 0 Å². The molecule has 1 N–H and O–H groups in total. The van der Waals surface area contributed by atoms with Gasteiger partial charge in [-0.25, -0.2) is 0 Å². The fourth-order valence-electron chi connectivity index (χ4n) is 4.12. The van der Waals surface area contributed by atoms with Crippen molar-refractivity contribution in [3.8, 4) is 0 Å². The van der Waals surface area contributed by atoms with Crippen LogP contribution >= 0.6 is 11.6 Å². The number of fused-ring (bicyclic) bond motifs is 2. The van der Waals surface area contributed by atoms with Gasteiger partial charge in [0, 0.05) is 17.1 Å². The zero-order valence-corrected chi connectivity index (χ0v) is 13.4. The van der Waals surface area contributed by atoms with E-state index in [9.17, 15) is 9.59 Å². The molecule has 2 atom stereocenters. The Kier molecular flexibility index (Phi) is 3.17. The van der Waals surface area contributed by atoms with E-state index < -0.39 is 5.41 Å². The van der Waals surface area contributed by atoms with Gasteiger partial charge in [0.2, 0.25) is 5.91 Å². The molecule has 2 unspecified atom stereocenters. The highest BCUT2D eigenvalue weighted by Crippen LogP contribution is 2.64. The maximum absolute atomic E-state index is 12.8. The largest absolute Gasteiger partial charge is 0.325 e. The van der Waals surface area contributed by atoms with Gasteiger partial charge in [0.15, 0.2) is 0 Å². The maximum Gasteiger partial charge on any atom is 0.238 e. The second kappa shape index (κ2) is 4.57. The van der Waals surface area contributed by atoms with Gasteiger partial charge in [0.1, 0.15) is 11.2 Å². The molecule has 0 spiro atoms. The standard InChI is InChI=1S/C17H20ClNO2/c1-10-4-5-12(9-13(10)18)19-15(21)17-7-6-11(8-14(17)20)16(17,2)3/h4-5,9,11H,6-8H2,1-3H3,(H,19,21). The first-order chi connectivity index (χ1) is 9.79. The first kappa shape index (κ1) is 14.6. The fourth-order valence-corrected chi connectivity index (χ4v) is 4.30. The average Bonchev–Trinajstić information content (AvgIpc) is 2.77. The Balaban J connectivity index is 1.91. The van der Waals surface area contributed by atoms with Crippen LogP contribution in [0.5, 0.6) is 0 Å². The quantitative estimate of drug-likeness (QED) is 0.840. The topological polar surface area (TPSA) is 46.2 Å². The molecule has 4 heteroatoms. The number of nitrogens with one attached hydrogen (secondary N) is 1. The third-order valence-electron chi connectivity index (χ3n) is 5.71. The van der Waals surface area contributed by atoms with E-state index in [-0.39, 0.29) is 17.1 Å². The highest BCUT2D eigenvalue weighted by Gasteiger charge is 2.68. The lowest BCUT2D eigenvalue weighted by Crippen LogP contribution is -2.46. The number of aryl methyl sites for hydroxylation is 1. The van der Waals surface area contributed by atoms with Crippen molar-refractivity contribution in [3.63, 3.8) is 0 Å². The van der Waals surface area contributed by atoms with Gasteiger partial charge in [0.05, 0.1) is 0 Å². The number of benzene rings is 1. The molecule has 2 fully saturated rings. The molecule has 112 valence electrons. The Morgan fingerprint density at radius 3 is 2.62 bits per heavy atom. The Hall–Kier alpha value is -1.35. The zero-order chi connectivity index (χ0) is 15.4. The molecule has 1 aromatic carbocycles. The van der Waals surface area contributed by atoms with Crippen molar-refractivity contribution in [1.82, 2.24) is 0 Å². The highest BCUT2D eigenvalue weighted by molar-refractivity contribution is 6.31. The van der Waals surface area contributed by atoms with E-state index in [0.29, 0.717) is 29.5 Å². The second-order valence-electron chi connectivity index (χ2n) is 6.91. The second-order valence-corrected chi connectivity index (χ2v) is 7.32. The van der Waals surface area contributed by atoms with E-state index in [0.717, 1.165) is 12.0 Å². The molecule has 2 bridgehead atoms. The van der Waals surface area contributed by atoms with Crippen LogP contribution in [0.2, 0.25) is 5.02 Å². The third kappa shape index (κ3) is 1.87. The third-order valence-corrected chi connectivity index (χ3v) is 6.12. The van der Waals surface area contributed by atoms with E-state index >= 15 is 0 Å². The molecular weight excluding hydrogens is 286 g/mol. The lowest BCUT2D eigenvalue weighted by Gasteiger charge is -2.34. The minimum absolute atomic E-state index is 0.0967. The molecule has 0 saturated heterocycles. The minimum atomic E-state index is -0.866. The van der Waals surface area contributed by atoms with Crippen molar-refractivity contribution >= 4 is 29.0 Å². The first-order valence-electron chi connectivity index (χ1n) is 7.40. The summed E-state index contributed by atoms with van der Waals surface area (Å²) in [6.45, 7) is 6.02.